The van der Waals surface area contributed by atoms with E-state index >= 15 is 0 Å². The Balaban J connectivity index is 1.27. The molecule has 0 aliphatic heterocycles. The molecule has 5 rings (SSSR count). The molecule has 2 atom stereocenters. The quantitative estimate of drug-likeness (QED) is 0.196. The van der Waals surface area contributed by atoms with Gasteiger partial charge in [-0.25, -0.2) is 9.78 Å². The smallest absolute Gasteiger partial charge is 0.335 e. The topological polar surface area (TPSA) is 121 Å². The van der Waals surface area contributed by atoms with Gasteiger partial charge >= 0.3 is 5.97 Å². The molecule has 204 valence electrons. The van der Waals surface area contributed by atoms with Crippen molar-refractivity contribution in [3.05, 3.63) is 118 Å². The third-order valence-corrected chi connectivity index (χ3v) is 7.05. The number of carboxylic acids is 1. The fraction of sp³-hybridized carbons (Fsp3) is 0.194. The Bertz CT molecular complexity index is 1510. The zero-order chi connectivity index (χ0) is 28.1. The molecule has 4 aromatic rings. The van der Waals surface area contributed by atoms with E-state index in [0.717, 1.165) is 24.8 Å². The lowest BCUT2D eigenvalue weighted by molar-refractivity contribution is 0.0696. The highest BCUT2D eigenvalue weighted by molar-refractivity contribution is 6.29. The molecule has 0 saturated heterocycles. The minimum atomic E-state index is -1.13. The van der Waals surface area contributed by atoms with E-state index in [9.17, 15) is 19.8 Å². The van der Waals surface area contributed by atoms with E-state index in [2.05, 4.69) is 15.6 Å². The Labute approximate surface area is 236 Å². The number of aromatic nitrogens is 1. The fourth-order valence-electron chi connectivity index (χ4n) is 4.73. The third kappa shape index (κ3) is 6.84. The monoisotopic (exact) mass is 557 g/mol. The molecule has 1 amide bonds. The zero-order valence-corrected chi connectivity index (χ0v) is 22.3. The van der Waals surface area contributed by atoms with E-state index in [1.54, 1.807) is 48.7 Å². The second-order valence-electron chi connectivity index (χ2n) is 9.68. The van der Waals surface area contributed by atoms with Gasteiger partial charge in [-0.1, -0.05) is 41.9 Å². The van der Waals surface area contributed by atoms with Gasteiger partial charge in [0.1, 0.15) is 16.7 Å². The number of nitrogens with one attached hydrogen (secondary N) is 2. The number of anilines is 1. The Kier molecular flexibility index (Phi) is 8.40. The van der Waals surface area contributed by atoms with Crippen molar-refractivity contribution in [1.29, 1.82) is 0 Å². The first-order valence-corrected chi connectivity index (χ1v) is 13.3. The molecule has 1 aliphatic rings. The van der Waals surface area contributed by atoms with Gasteiger partial charge in [-0.15, -0.1) is 0 Å². The van der Waals surface area contributed by atoms with Gasteiger partial charge in [0, 0.05) is 41.7 Å². The number of aromatic carboxylic acids is 1. The molecule has 1 heterocycles. The SMILES string of the molecule is O=C(O)c1cc(NC(=O)c2ccccc2)cc(Oc2ccc3c(c2)C[C@@H](NC[C@H](O)c2ccc(Cl)nc2)CC3)c1. The first-order chi connectivity index (χ1) is 19.3. The van der Waals surface area contributed by atoms with Crippen LogP contribution in [-0.2, 0) is 12.8 Å². The molecule has 40 heavy (non-hydrogen) atoms. The largest absolute Gasteiger partial charge is 0.478 e. The van der Waals surface area contributed by atoms with Gasteiger partial charge in [-0.3, -0.25) is 4.79 Å². The molecule has 0 bridgehead atoms. The molecule has 4 N–H and O–H groups in total. The number of carbonyl (C=O) groups is 2. The minimum Gasteiger partial charge on any atom is -0.478 e. The number of aliphatic hydroxyl groups excluding tert-OH is 1. The average Bonchev–Trinajstić information content (AvgIpc) is 2.96. The molecule has 3 aromatic carbocycles. The van der Waals surface area contributed by atoms with Crippen molar-refractivity contribution < 1.29 is 24.5 Å². The number of amides is 1. The van der Waals surface area contributed by atoms with Crippen LogP contribution in [0.15, 0.2) is 85.1 Å². The number of hydrogen-bond acceptors (Lipinski definition) is 6. The van der Waals surface area contributed by atoms with Crippen LogP contribution in [0.1, 0.15) is 49.9 Å². The number of hydrogen-bond donors (Lipinski definition) is 4. The average molecular weight is 558 g/mol. The van der Waals surface area contributed by atoms with Crippen molar-refractivity contribution in [2.24, 2.45) is 0 Å². The number of aryl methyl sites for hydroxylation is 1. The number of carboxylic acid groups (broad SMARTS) is 1. The maximum atomic E-state index is 12.6. The first-order valence-electron chi connectivity index (χ1n) is 12.9. The third-order valence-electron chi connectivity index (χ3n) is 6.82. The Morgan fingerprint density at radius 2 is 1.80 bits per heavy atom. The highest BCUT2D eigenvalue weighted by Crippen LogP contribution is 2.31. The van der Waals surface area contributed by atoms with Crippen LogP contribution in [0.2, 0.25) is 5.15 Å². The van der Waals surface area contributed by atoms with Gasteiger partial charge in [0.25, 0.3) is 5.91 Å². The molecule has 1 aromatic heterocycles. The normalized spacial score (nSPS) is 15.1. The number of pyridine rings is 1. The van der Waals surface area contributed by atoms with Gasteiger partial charge in [0.2, 0.25) is 0 Å². The van der Waals surface area contributed by atoms with Crippen LogP contribution in [0.5, 0.6) is 11.5 Å². The van der Waals surface area contributed by atoms with Crippen LogP contribution in [0.3, 0.4) is 0 Å². The maximum absolute atomic E-state index is 12.6. The van der Waals surface area contributed by atoms with Crippen molar-refractivity contribution in [2.45, 2.75) is 31.4 Å². The second-order valence-corrected chi connectivity index (χ2v) is 10.1. The summed E-state index contributed by atoms with van der Waals surface area (Å²) in [6.07, 6.45) is 3.46. The summed E-state index contributed by atoms with van der Waals surface area (Å²) in [4.78, 5) is 28.4. The summed E-state index contributed by atoms with van der Waals surface area (Å²) in [5, 5.41) is 26.7. The molecule has 0 spiro atoms. The van der Waals surface area contributed by atoms with Crippen molar-refractivity contribution >= 4 is 29.2 Å². The summed E-state index contributed by atoms with van der Waals surface area (Å²) in [5.74, 6) is -0.613. The van der Waals surface area contributed by atoms with Crippen LogP contribution in [0.25, 0.3) is 0 Å². The van der Waals surface area contributed by atoms with Crippen LogP contribution in [-0.4, -0.2) is 39.7 Å². The van der Waals surface area contributed by atoms with Gasteiger partial charge in [-0.2, -0.15) is 0 Å². The van der Waals surface area contributed by atoms with Crippen LogP contribution in [0.4, 0.5) is 5.69 Å². The second kappa shape index (κ2) is 12.3. The molecule has 0 unspecified atom stereocenters. The molecular formula is C31H28ClN3O5. The number of aliphatic hydroxyl groups is 1. The standard InChI is InChI=1S/C31H28ClN3O5/c32-29-11-8-21(17-34-29)28(36)18-33-24-9-6-19-7-10-26(14-22(19)12-24)40-27-15-23(31(38)39)13-25(16-27)35-30(37)20-4-2-1-3-5-20/h1-5,7-8,10-11,13-17,24,28,33,36H,6,9,12,18H2,(H,35,37)(H,38,39)/t24-,28-/m0/s1. The van der Waals surface area contributed by atoms with Crippen LogP contribution >= 0.6 is 11.6 Å². The molecule has 1 aliphatic carbocycles. The Hall–Kier alpha value is -4.24. The zero-order valence-electron chi connectivity index (χ0n) is 21.5. The molecule has 9 heteroatoms. The summed E-state index contributed by atoms with van der Waals surface area (Å²) < 4.78 is 6.07. The molecule has 0 saturated carbocycles. The van der Waals surface area contributed by atoms with Gasteiger partial charge in [-0.05, 0) is 72.9 Å². The number of rotatable bonds is 9. The number of benzene rings is 3. The highest BCUT2D eigenvalue weighted by Gasteiger charge is 2.21. The van der Waals surface area contributed by atoms with Crippen molar-refractivity contribution in [3.63, 3.8) is 0 Å². The molecule has 0 fully saturated rings. The summed E-state index contributed by atoms with van der Waals surface area (Å²) in [6, 6.07) is 22.5. The van der Waals surface area contributed by atoms with Gasteiger partial charge in [0.15, 0.2) is 0 Å². The lowest BCUT2D eigenvalue weighted by atomic mass is 9.88. The Morgan fingerprint density at radius 3 is 2.55 bits per heavy atom. The van der Waals surface area contributed by atoms with Crippen molar-refractivity contribution in [2.75, 3.05) is 11.9 Å². The fourth-order valence-corrected chi connectivity index (χ4v) is 4.85. The summed E-state index contributed by atoms with van der Waals surface area (Å²) in [6.45, 7) is 0.388. The van der Waals surface area contributed by atoms with E-state index < -0.39 is 12.1 Å². The summed E-state index contributed by atoms with van der Waals surface area (Å²) in [5.41, 5.74) is 3.82. The first kappa shape index (κ1) is 27.3. The van der Waals surface area contributed by atoms with E-state index in [-0.39, 0.29) is 17.5 Å². The predicted octanol–water partition coefficient (Wildman–Crippen LogP) is 5.66. The number of fused-ring (bicyclic) bond motifs is 1. The van der Waals surface area contributed by atoms with E-state index in [1.165, 1.54) is 17.7 Å². The number of halogens is 1. The van der Waals surface area contributed by atoms with Crippen LogP contribution in [0, 0.1) is 0 Å². The van der Waals surface area contributed by atoms with E-state index in [1.807, 2.05) is 24.3 Å². The number of ether oxygens (including phenoxy) is 1. The molecule has 0 radical (unpaired) electrons. The van der Waals surface area contributed by atoms with Crippen LogP contribution < -0.4 is 15.4 Å². The molecular weight excluding hydrogens is 530 g/mol. The summed E-state index contributed by atoms with van der Waals surface area (Å²) >= 11 is 5.84. The van der Waals surface area contributed by atoms with Crippen molar-refractivity contribution in [1.82, 2.24) is 10.3 Å². The lowest BCUT2D eigenvalue weighted by Crippen LogP contribution is -2.37. The lowest BCUT2D eigenvalue weighted by Gasteiger charge is -2.27. The minimum absolute atomic E-state index is 0.00229. The van der Waals surface area contributed by atoms with E-state index in [4.69, 9.17) is 16.3 Å². The number of carbonyl (C=O) groups excluding carboxylic acids is 1. The van der Waals surface area contributed by atoms with Crippen molar-refractivity contribution in [3.8, 4) is 11.5 Å². The summed E-state index contributed by atoms with van der Waals surface area (Å²) in [7, 11) is 0. The van der Waals surface area contributed by atoms with Gasteiger partial charge in [0.05, 0.1) is 11.7 Å². The highest BCUT2D eigenvalue weighted by atomic mass is 35.5. The maximum Gasteiger partial charge on any atom is 0.335 e. The predicted molar refractivity (Wildman–Crippen MR) is 152 cm³/mol. The van der Waals surface area contributed by atoms with E-state index in [0.29, 0.717) is 40.0 Å². The molecule has 8 nitrogen and oxygen atoms in total. The number of nitrogens with zero attached hydrogens (tertiary/aromatic N) is 1. The van der Waals surface area contributed by atoms with Gasteiger partial charge < -0.3 is 25.6 Å². The Morgan fingerprint density at radius 1 is 0.975 bits per heavy atom.